The van der Waals surface area contributed by atoms with E-state index < -0.39 is 6.04 Å². The van der Waals surface area contributed by atoms with Crippen LogP contribution in [0.4, 0.5) is 0 Å². The number of hydrogen-bond acceptors (Lipinski definition) is 5. The van der Waals surface area contributed by atoms with Gasteiger partial charge in [0, 0.05) is 18.7 Å². The summed E-state index contributed by atoms with van der Waals surface area (Å²) in [7, 11) is 0. The first-order valence-electron chi connectivity index (χ1n) is 7.83. The van der Waals surface area contributed by atoms with Gasteiger partial charge in [0.15, 0.2) is 5.82 Å². The Kier molecular flexibility index (Phi) is 5.67. The van der Waals surface area contributed by atoms with Gasteiger partial charge in [-0.15, -0.1) is 22.0 Å². The molecule has 0 aliphatic carbocycles. The predicted molar refractivity (Wildman–Crippen MR) is 89.6 cm³/mol. The van der Waals surface area contributed by atoms with Crippen LogP contribution in [0.3, 0.4) is 0 Å². The van der Waals surface area contributed by atoms with Gasteiger partial charge in [-0.3, -0.25) is 9.59 Å². The molecule has 8 heteroatoms. The van der Waals surface area contributed by atoms with Crippen LogP contribution in [0.2, 0.25) is 0 Å². The van der Waals surface area contributed by atoms with E-state index in [1.807, 2.05) is 32.3 Å². The summed E-state index contributed by atoms with van der Waals surface area (Å²) in [6, 6.07) is -0.396. The maximum atomic E-state index is 12.4. The molecular formula is C15H25N5O2S. The Labute approximate surface area is 141 Å². The van der Waals surface area contributed by atoms with Crippen molar-refractivity contribution in [1.29, 1.82) is 0 Å². The molecule has 128 valence electrons. The Morgan fingerprint density at radius 1 is 1.43 bits per heavy atom. The van der Waals surface area contributed by atoms with Crippen molar-refractivity contribution in [2.75, 3.05) is 11.6 Å². The molecule has 2 heterocycles. The van der Waals surface area contributed by atoms with Crippen LogP contribution in [-0.4, -0.2) is 49.2 Å². The lowest BCUT2D eigenvalue weighted by molar-refractivity contribution is -0.139. The van der Waals surface area contributed by atoms with Crippen molar-refractivity contribution in [2.24, 2.45) is 5.41 Å². The molecule has 2 rings (SSSR count). The molecule has 0 radical (unpaired) electrons. The summed E-state index contributed by atoms with van der Waals surface area (Å²) in [5.74, 6) is 1.86. The SMILES string of the molecule is CCn1cnnc1CNC(=O)[C@@H]1CSCN1C(=O)CC(C)(C)C. The van der Waals surface area contributed by atoms with E-state index in [-0.39, 0.29) is 17.2 Å². The fourth-order valence-electron chi connectivity index (χ4n) is 2.42. The first-order valence-corrected chi connectivity index (χ1v) is 8.99. The van der Waals surface area contributed by atoms with E-state index >= 15 is 0 Å². The van der Waals surface area contributed by atoms with Crippen molar-refractivity contribution in [3.63, 3.8) is 0 Å². The van der Waals surface area contributed by atoms with E-state index in [0.29, 0.717) is 24.6 Å². The highest BCUT2D eigenvalue weighted by molar-refractivity contribution is 7.99. The van der Waals surface area contributed by atoms with Gasteiger partial charge in [-0.2, -0.15) is 0 Å². The van der Waals surface area contributed by atoms with Gasteiger partial charge in [0.1, 0.15) is 12.4 Å². The zero-order valence-electron chi connectivity index (χ0n) is 14.2. The van der Waals surface area contributed by atoms with Gasteiger partial charge in [0.2, 0.25) is 11.8 Å². The van der Waals surface area contributed by atoms with Crippen LogP contribution in [0.25, 0.3) is 0 Å². The number of rotatable bonds is 5. The summed E-state index contributed by atoms with van der Waals surface area (Å²) in [4.78, 5) is 26.6. The second-order valence-electron chi connectivity index (χ2n) is 6.87. The number of nitrogens with one attached hydrogen (secondary N) is 1. The van der Waals surface area contributed by atoms with Gasteiger partial charge >= 0.3 is 0 Å². The van der Waals surface area contributed by atoms with Crippen molar-refractivity contribution >= 4 is 23.6 Å². The van der Waals surface area contributed by atoms with Crippen molar-refractivity contribution < 1.29 is 9.59 Å². The summed E-state index contributed by atoms with van der Waals surface area (Å²) in [6.45, 7) is 9.17. The highest BCUT2D eigenvalue weighted by Gasteiger charge is 2.35. The average Bonchev–Trinajstić information content (AvgIpc) is 3.11. The molecule has 1 atom stereocenters. The fraction of sp³-hybridized carbons (Fsp3) is 0.733. The highest BCUT2D eigenvalue weighted by Crippen LogP contribution is 2.26. The topological polar surface area (TPSA) is 80.1 Å². The maximum Gasteiger partial charge on any atom is 0.244 e. The van der Waals surface area contributed by atoms with E-state index in [9.17, 15) is 9.59 Å². The highest BCUT2D eigenvalue weighted by atomic mass is 32.2. The van der Waals surface area contributed by atoms with E-state index in [2.05, 4.69) is 15.5 Å². The van der Waals surface area contributed by atoms with Crippen LogP contribution in [0.1, 0.15) is 39.9 Å². The smallest absolute Gasteiger partial charge is 0.244 e. The molecule has 0 bridgehead atoms. The van der Waals surface area contributed by atoms with Gasteiger partial charge in [-0.25, -0.2) is 0 Å². The lowest BCUT2D eigenvalue weighted by Gasteiger charge is -2.26. The molecule has 0 unspecified atom stereocenters. The summed E-state index contributed by atoms with van der Waals surface area (Å²) < 4.78 is 1.88. The normalized spacial score (nSPS) is 18.3. The third kappa shape index (κ3) is 4.70. The lowest BCUT2D eigenvalue weighted by atomic mass is 9.91. The summed E-state index contributed by atoms with van der Waals surface area (Å²) >= 11 is 1.62. The van der Waals surface area contributed by atoms with Gasteiger partial charge in [-0.05, 0) is 12.3 Å². The second kappa shape index (κ2) is 7.33. The number of hydrogen-bond donors (Lipinski definition) is 1. The minimum atomic E-state index is -0.396. The maximum absolute atomic E-state index is 12.4. The third-order valence-electron chi connectivity index (χ3n) is 3.64. The van der Waals surface area contributed by atoms with Crippen molar-refractivity contribution in [1.82, 2.24) is 25.0 Å². The standard InChI is InChI=1S/C15H25N5O2S/c1-5-19-9-17-18-12(19)7-16-14(22)11-8-23-10-20(11)13(21)6-15(2,3)4/h9,11H,5-8,10H2,1-4H3,(H,16,22)/t11-/m0/s1. The number of aromatic nitrogens is 3. The molecule has 7 nitrogen and oxygen atoms in total. The molecular weight excluding hydrogens is 314 g/mol. The molecule has 1 fully saturated rings. The molecule has 1 aromatic heterocycles. The Balaban J connectivity index is 1.94. The van der Waals surface area contributed by atoms with Crippen molar-refractivity contribution in [2.45, 2.75) is 53.2 Å². The molecule has 1 aromatic rings. The van der Waals surface area contributed by atoms with Crippen LogP contribution in [0.15, 0.2) is 6.33 Å². The van der Waals surface area contributed by atoms with E-state index in [1.54, 1.807) is 23.0 Å². The molecule has 1 N–H and O–H groups in total. The van der Waals surface area contributed by atoms with Crippen LogP contribution >= 0.6 is 11.8 Å². The summed E-state index contributed by atoms with van der Waals surface area (Å²) in [5.41, 5.74) is -0.0804. The predicted octanol–water partition coefficient (Wildman–Crippen LogP) is 1.25. The van der Waals surface area contributed by atoms with Crippen molar-refractivity contribution in [3.05, 3.63) is 12.2 Å². The third-order valence-corrected chi connectivity index (χ3v) is 4.66. The van der Waals surface area contributed by atoms with Gasteiger partial charge in [0.05, 0.1) is 12.4 Å². The number of carbonyl (C=O) groups is 2. The monoisotopic (exact) mass is 339 g/mol. The van der Waals surface area contributed by atoms with Crippen LogP contribution in [0, 0.1) is 5.41 Å². The van der Waals surface area contributed by atoms with E-state index in [1.165, 1.54) is 0 Å². The number of nitrogens with zero attached hydrogens (tertiary/aromatic N) is 4. The number of aryl methyl sites for hydroxylation is 1. The molecule has 2 amide bonds. The lowest BCUT2D eigenvalue weighted by Crippen LogP contribution is -2.47. The van der Waals surface area contributed by atoms with Gasteiger partial charge in [0.25, 0.3) is 0 Å². The molecule has 0 aromatic carbocycles. The van der Waals surface area contributed by atoms with Gasteiger partial charge < -0.3 is 14.8 Å². The molecule has 0 spiro atoms. The van der Waals surface area contributed by atoms with Crippen LogP contribution < -0.4 is 5.32 Å². The molecule has 1 saturated heterocycles. The number of amides is 2. The quantitative estimate of drug-likeness (QED) is 0.873. The summed E-state index contributed by atoms with van der Waals surface area (Å²) in [6.07, 6.45) is 2.09. The molecule has 23 heavy (non-hydrogen) atoms. The minimum Gasteiger partial charge on any atom is -0.347 e. The Hall–Kier alpha value is -1.57. The minimum absolute atomic E-state index is 0.0411. The second-order valence-corrected chi connectivity index (χ2v) is 7.87. The molecule has 0 saturated carbocycles. The summed E-state index contributed by atoms with van der Waals surface area (Å²) in [5, 5.41) is 10.7. The first-order chi connectivity index (χ1) is 10.8. The molecule has 1 aliphatic heterocycles. The van der Waals surface area contributed by atoms with E-state index in [0.717, 1.165) is 12.4 Å². The van der Waals surface area contributed by atoms with Crippen molar-refractivity contribution in [3.8, 4) is 0 Å². The Bertz CT molecular complexity index is 566. The Morgan fingerprint density at radius 3 is 2.83 bits per heavy atom. The zero-order chi connectivity index (χ0) is 17.0. The fourth-order valence-corrected chi connectivity index (χ4v) is 3.61. The van der Waals surface area contributed by atoms with E-state index in [4.69, 9.17) is 0 Å². The average molecular weight is 339 g/mol. The van der Waals surface area contributed by atoms with Crippen LogP contribution in [0.5, 0.6) is 0 Å². The number of thioether (sulfide) groups is 1. The zero-order valence-corrected chi connectivity index (χ0v) is 15.0. The largest absolute Gasteiger partial charge is 0.347 e. The Morgan fingerprint density at radius 2 is 2.17 bits per heavy atom. The molecule has 1 aliphatic rings. The van der Waals surface area contributed by atoms with Crippen LogP contribution in [-0.2, 0) is 22.7 Å². The van der Waals surface area contributed by atoms with Gasteiger partial charge in [-0.1, -0.05) is 20.8 Å². The first kappa shape index (κ1) is 17.8. The number of carbonyl (C=O) groups excluding carboxylic acids is 2.